The van der Waals surface area contributed by atoms with Gasteiger partial charge in [0.05, 0.1) is 6.61 Å². The molecule has 12 heavy (non-hydrogen) atoms. The molecule has 0 spiro atoms. The zero-order valence-corrected chi connectivity index (χ0v) is 8.00. The molecule has 1 nitrogen and oxygen atoms in total. The highest BCUT2D eigenvalue weighted by Gasteiger charge is 2.03. The lowest BCUT2D eigenvalue weighted by molar-refractivity contribution is 0.184. The van der Waals surface area contributed by atoms with Gasteiger partial charge in [-0.25, -0.2) is 0 Å². The fourth-order valence-corrected chi connectivity index (χ4v) is 1.32. The Morgan fingerprint density at radius 3 is 2.75 bits per heavy atom. The van der Waals surface area contributed by atoms with Gasteiger partial charge in [0.1, 0.15) is 0 Å². The highest BCUT2D eigenvalue weighted by atomic mass is 16.5. The first kappa shape index (κ1) is 9.27. The van der Waals surface area contributed by atoms with E-state index in [0.29, 0.717) is 5.92 Å². The van der Waals surface area contributed by atoms with Gasteiger partial charge in [-0.1, -0.05) is 36.8 Å². The molecule has 66 valence electrons. The topological polar surface area (TPSA) is 9.23 Å². The van der Waals surface area contributed by atoms with Gasteiger partial charge in [-0.2, -0.15) is 0 Å². The number of rotatable bonds is 3. The van der Waals surface area contributed by atoms with E-state index in [-0.39, 0.29) is 0 Å². The number of benzene rings is 1. The van der Waals surface area contributed by atoms with E-state index in [9.17, 15) is 0 Å². The molecular formula is C11H16O. The minimum atomic E-state index is 0.495. The Morgan fingerprint density at radius 1 is 1.42 bits per heavy atom. The molecule has 0 aliphatic carbocycles. The molecule has 0 unspecified atom stereocenters. The maximum absolute atomic E-state index is 5.10. The molecule has 1 heteroatoms. The summed E-state index contributed by atoms with van der Waals surface area (Å²) in [5, 5.41) is 0. The first-order valence-corrected chi connectivity index (χ1v) is 4.29. The van der Waals surface area contributed by atoms with Gasteiger partial charge in [0.15, 0.2) is 0 Å². The third-order valence-corrected chi connectivity index (χ3v) is 2.03. The van der Waals surface area contributed by atoms with Crippen LogP contribution in [0.3, 0.4) is 0 Å². The van der Waals surface area contributed by atoms with Crippen molar-refractivity contribution in [2.75, 3.05) is 13.7 Å². The van der Waals surface area contributed by atoms with E-state index in [1.165, 1.54) is 11.1 Å². The van der Waals surface area contributed by atoms with Crippen molar-refractivity contribution in [3.8, 4) is 0 Å². The quantitative estimate of drug-likeness (QED) is 0.667. The van der Waals surface area contributed by atoms with E-state index in [0.717, 1.165) is 6.61 Å². The predicted octanol–water partition coefficient (Wildman–Crippen LogP) is 2.74. The van der Waals surface area contributed by atoms with E-state index in [1.807, 2.05) is 0 Å². The third kappa shape index (κ3) is 2.35. The van der Waals surface area contributed by atoms with Crippen LogP contribution in [-0.4, -0.2) is 13.7 Å². The van der Waals surface area contributed by atoms with Gasteiger partial charge in [0.2, 0.25) is 0 Å². The van der Waals surface area contributed by atoms with E-state index >= 15 is 0 Å². The van der Waals surface area contributed by atoms with Crippen molar-refractivity contribution < 1.29 is 4.74 Å². The second-order valence-electron chi connectivity index (χ2n) is 3.27. The molecule has 0 fully saturated rings. The summed E-state index contributed by atoms with van der Waals surface area (Å²) in [6, 6.07) is 8.57. The Balaban J connectivity index is 2.73. The van der Waals surface area contributed by atoms with Crippen LogP contribution in [0, 0.1) is 6.92 Å². The summed E-state index contributed by atoms with van der Waals surface area (Å²) < 4.78 is 5.10. The Labute approximate surface area is 74.4 Å². The first-order valence-electron chi connectivity index (χ1n) is 4.29. The molecule has 0 radical (unpaired) electrons. The number of hydrogen-bond acceptors (Lipinski definition) is 1. The summed E-state index contributed by atoms with van der Waals surface area (Å²) in [5.41, 5.74) is 2.67. The molecule has 0 aromatic heterocycles. The molecular weight excluding hydrogens is 148 g/mol. The highest BCUT2D eigenvalue weighted by molar-refractivity contribution is 5.24. The fraction of sp³-hybridized carbons (Fsp3) is 0.455. The lowest BCUT2D eigenvalue weighted by atomic mass is 10.0. The van der Waals surface area contributed by atoms with Crippen LogP contribution in [0.5, 0.6) is 0 Å². The van der Waals surface area contributed by atoms with Crippen LogP contribution in [0.1, 0.15) is 24.0 Å². The van der Waals surface area contributed by atoms with Crippen molar-refractivity contribution in [3.63, 3.8) is 0 Å². The van der Waals surface area contributed by atoms with Crippen LogP contribution >= 0.6 is 0 Å². The van der Waals surface area contributed by atoms with Crippen molar-refractivity contribution in [1.29, 1.82) is 0 Å². The van der Waals surface area contributed by atoms with E-state index in [2.05, 4.69) is 38.1 Å². The van der Waals surface area contributed by atoms with Crippen LogP contribution in [0.15, 0.2) is 24.3 Å². The number of ether oxygens (including phenoxy) is 1. The second-order valence-corrected chi connectivity index (χ2v) is 3.27. The Hall–Kier alpha value is -0.820. The first-order chi connectivity index (χ1) is 5.74. The monoisotopic (exact) mass is 164 g/mol. The smallest absolute Gasteiger partial charge is 0.0528 e. The zero-order valence-electron chi connectivity index (χ0n) is 8.00. The van der Waals surface area contributed by atoms with Gasteiger partial charge in [-0.3, -0.25) is 0 Å². The van der Waals surface area contributed by atoms with Crippen LogP contribution < -0.4 is 0 Å². The Bertz CT molecular complexity index is 243. The fourth-order valence-electron chi connectivity index (χ4n) is 1.32. The summed E-state index contributed by atoms with van der Waals surface area (Å²) >= 11 is 0. The van der Waals surface area contributed by atoms with Gasteiger partial charge < -0.3 is 4.74 Å². The predicted molar refractivity (Wildman–Crippen MR) is 51.5 cm³/mol. The lowest BCUT2D eigenvalue weighted by Gasteiger charge is -2.10. The zero-order chi connectivity index (χ0) is 8.97. The van der Waals surface area contributed by atoms with Crippen molar-refractivity contribution in [3.05, 3.63) is 35.4 Å². The van der Waals surface area contributed by atoms with E-state index in [4.69, 9.17) is 4.74 Å². The maximum Gasteiger partial charge on any atom is 0.0528 e. The molecule has 1 aromatic rings. The summed E-state index contributed by atoms with van der Waals surface area (Å²) in [5.74, 6) is 0.495. The molecule has 0 heterocycles. The van der Waals surface area contributed by atoms with Crippen LogP contribution in [0.2, 0.25) is 0 Å². The van der Waals surface area contributed by atoms with Crippen LogP contribution in [-0.2, 0) is 4.74 Å². The summed E-state index contributed by atoms with van der Waals surface area (Å²) in [4.78, 5) is 0. The molecule has 0 saturated carbocycles. The van der Waals surface area contributed by atoms with Gasteiger partial charge >= 0.3 is 0 Å². The second kappa shape index (κ2) is 4.27. The minimum absolute atomic E-state index is 0.495. The highest BCUT2D eigenvalue weighted by Crippen LogP contribution is 2.15. The summed E-state index contributed by atoms with van der Waals surface area (Å²) in [6.45, 7) is 5.09. The third-order valence-electron chi connectivity index (χ3n) is 2.03. The molecule has 1 aromatic carbocycles. The molecule has 0 saturated heterocycles. The van der Waals surface area contributed by atoms with Gasteiger partial charge in [-0.15, -0.1) is 0 Å². The Kier molecular flexibility index (Phi) is 3.30. The van der Waals surface area contributed by atoms with Crippen LogP contribution in [0.25, 0.3) is 0 Å². The number of methoxy groups -OCH3 is 1. The standard InChI is InChI=1S/C11H16O/c1-9-5-4-6-11(7-9)10(2)8-12-3/h4-7,10H,8H2,1-3H3/t10-/m1/s1. The Morgan fingerprint density at radius 2 is 2.17 bits per heavy atom. The van der Waals surface area contributed by atoms with Crippen LogP contribution in [0.4, 0.5) is 0 Å². The SMILES string of the molecule is COC[C@@H](C)c1cccc(C)c1. The van der Waals surface area contributed by atoms with Gasteiger partial charge in [0.25, 0.3) is 0 Å². The normalized spacial score (nSPS) is 12.9. The van der Waals surface area contributed by atoms with E-state index < -0.39 is 0 Å². The van der Waals surface area contributed by atoms with Crippen molar-refractivity contribution in [1.82, 2.24) is 0 Å². The average molecular weight is 164 g/mol. The largest absolute Gasteiger partial charge is 0.384 e. The number of hydrogen-bond donors (Lipinski definition) is 0. The molecule has 1 atom stereocenters. The van der Waals surface area contributed by atoms with Crippen molar-refractivity contribution in [2.24, 2.45) is 0 Å². The maximum atomic E-state index is 5.10. The lowest BCUT2D eigenvalue weighted by Crippen LogP contribution is -2.01. The molecule has 0 bridgehead atoms. The molecule has 1 rings (SSSR count). The van der Waals surface area contributed by atoms with E-state index in [1.54, 1.807) is 7.11 Å². The molecule has 0 aliphatic rings. The molecule has 0 N–H and O–H groups in total. The number of aryl methyl sites for hydroxylation is 1. The van der Waals surface area contributed by atoms with Crippen molar-refractivity contribution in [2.45, 2.75) is 19.8 Å². The average Bonchev–Trinajstić information content (AvgIpc) is 2.05. The van der Waals surface area contributed by atoms with Gasteiger partial charge in [0, 0.05) is 13.0 Å². The minimum Gasteiger partial charge on any atom is -0.384 e. The molecule has 0 aliphatic heterocycles. The molecule has 0 amide bonds. The van der Waals surface area contributed by atoms with Gasteiger partial charge in [-0.05, 0) is 12.5 Å². The summed E-state index contributed by atoms with van der Waals surface area (Å²) in [7, 11) is 1.74. The van der Waals surface area contributed by atoms with Crippen molar-refractivity contribution >= 4 is 0 Å². The summed E-state index contributed by atoms with van der Waals surface area (Å²) in [6.07, 6.45) is 0.